The molecule has 0 aliphatic rings. The molecule has 2 heterocycles. The van der Waals surface area contributed by atoms with E-state index in [-0.39, 0.29) is 6.04 Å². The zero-order valence-corrected chi connectivity index (χ0v) is 9.66. The molecule has 0 spiro atoms. The van der Waals surface area contributed by atoms with E-state index in [2.05, 4.69) is 27.7 Å². The quantitative estimate of drug-likeness (QED) is 0.856. The van der Waals surface area contributed by atoms with Crippen LogP contribution in [0.25, 0.3) is 0 Å². The SMILES string of the molecule is CC(NCc1ccnn1C)c1cscn1. The van der Waals surface area contributed by atoms with E-state index in [1.54, 1.807) is 11.3 Å². The van der Waals surface area contributed by atoms with E-state index in [1.165, 1.54) is 5.69 Å². The fraction of sp³-hybridized carbons (Fsp3) is 0.400. The summed E-state index contributed by atoms with van der Waals surface area (Å²) in [5, 5.41) is 9.60. The molecule has 4 nitrogen and oxygen atoms in total. The predicted molar refractivity (Wildman–Crippen MR) is 60.6 cm³/mol. The molecule has 0 bridgehead atoms. The van der Waals surface area contributed by atoms with Crippen molar-refractivity contribution in [2.75, 3.05) is 0 Å². The average Bonchev–Trinajstić information content (AvgIpc) is 2.85. The van der Waals surface area contributed by atoms with Crippen molar-refractivity contribution < 1.29 is 0 Å². The Bertz CT molecular complexity index is 407. The van der Waals surface area contributed by atoms with Gasteiger partial charge in [-0.25, -0.2) is 4.98 Å². The summed E-state index contributed by atoms with van der Waals surface area (Å²) in [7, 11) is 1.95. The first-order valence-electron chi connectivity index (χ1n) is 4.85. The van der Waals surface area contributed by atoms with Crippen LogP contribution in [-0.4, -0.2) is 14.8 Å². The molecule has 2 rings (SSSR count). The normalized spacial score (nSPS) is 12.9. The minimum Gasteiger partial charge on any atom is -0.303 e. The summed E-state index contributed by atoms with van der Waals surface area (Å²) in [5.74, 6) is 0. The molecule has 0 aliphatic heterocycles. The number of nitrogens with one attached hydrogen (secondary N) is 1. The smallest absolute Gasteiger partial charge is 0.0795 e. The van der Waals surface area contributed by atoms with Gasteiger partial charge in [0.2, 0.25) is 0 Å². The maximum Gasteiger partial charge on any atom is 0.0795 e. The first-order valence-corrected chi connectivity index (χ1v) is 5.80. The number of hydrogen-bond donors (Lipinski definition) is 1. The first kappa shape index (κ1) is 10.3. The van der Waals surface area contributed by atoms with Crippen LogP contribution in [0.2, 0.25) is 0 Å². The van der Waals surface area contributed by atoms with Crippen molar-refractivity contribution in [3.05, 3.63) is 34.5 Å². The molecule has 2 aromatic heterocycles. The van der Waals surface area contributed by atoms with Crippen molar-refractivity contribution in [1.82, 2.24) is 20.1 Å². The van der Waals surface area contributed by atoms with Crippen molar-refractivity contribution in [2.45, 2.75) is 19.5 Å². The summed E-state index contributed by atoms with van der Waals surface area (Å²) in [6, 6.07) is 2.30. The first-order chi connectivity index (χ1) is 7.27. The highest BCUT2D eigenvalue weighted by Crippen LogP contribution is 2.12. The third kappa shape index (κ3) is 2.43. The van der Waals surface area contributed by atoms with Crippen molar-refractivity contribution in [3.63, 3.8) is 0 Å². The largest absolute Gasteiger partial charge is 0.303 e. The molecule has 0 fully saturated rings. The van der Waals surface area contributed by atoms with Crippen LogP contribution in [0, 0.1) is 0 Å². The van der Waals surface area contributed by atoms with E-state index < -0.39 is 0 Å². The Labute approximate surface area is 93.0 Å². The van der Waals surface area contributed by atoms with Gasteiger partial charge in [-0.05, 0) is 13.0 Å². The second kappa shape index (κ2) is 4.55. The second-order valence-electron chi connectivity index (χ2n) is 3.46. The van der Waals surface area contributed by atoms with Crippen LogP contribution < -0.4 is 5.32 Å². The van der Waals surface area contributed by atoms with E-state index in [9.17, 15) is 0 Å². The Kier molecular flexibility index (Phi) is 3.13. The maximum absolute atomic E-state index is 4.27. The van der Waals surface area contributed by atoms with Gasteiger partial charge in [0.25, 0.3) is 0 Å². The lowest BCUT2D eigenvalue weighted by atomic mass is 10.2. The summed E-state index contributed by atoms with van der Waals surface area (Å²) < 4.78 is 1.88. The standard InChI is InChI=1S/C10H14N4S/c1-8(10-6-15-7-12-10)11-5-9-3-4-13-14(9)2/h3-4,6-8,11H,5H2,1-2H3. The van der Waals surface area contributed by atoms with Gasteiger partial charge in [-0.3, -0.25) is 4.68 Å². The number of hydrogen-bond acceptors (Lipinski definition) is 4. The third-order valence-electron chi connectivity index (χ3n) is 2.41. The topological polar surface area (TPSA) is 42.7 Å². The van der Waals surface area contributed by atoms with Crippen LogP contribution in [-0.2, 0) is 13.6 Å². The van der Waals surface area contributed by atoms with Crippen LogP contribution in [0.1, 0.15) is 24.4 Å². The van der Waals surface area contributed by atoms with Crippen molar-refractivity contribution in [1.29, 1.82) is 0 Å². The van der Waals surface area contributed by atoms with Gasteiger partial charge >= 0.3 is 0 Å². The number of aryl methyl sites for hydroxylation is 1. The Hall–Kier alpha value is -1.20. The van der Waals surface area contributed by atoms with Gasteiger partial charge < -0.3 is 5.32 Å². The summed E-state index contributed by atoms with van der Waals surface area (Å²) >= 11 is 1.63. The molecule has 15 heavy (non-hydrogen) atoms. The van der Waals surface area contributed by atoms with Crippen LogP contribution in [0.4, 0.5) is 0 Å². The molecule has 1 atom stereocenters. The van der Waals surface area contributed by atoms with E-state index in [0.717, 1.165) is 12.2 Å². The van der Waals surface area contributed by atoms with Crippen molar-refractivity contribution >= 4 is 11.3 Å². The molecule has 0 aromatic carbocycles. The molecule has 0 amide bonds. The average molecular weight is 222 g/mol. The molecule has 2 aromatic rings. The second-order valence-corrected chi connectivity index (χ2v) is 4.18. The van der Waals surface area contributed by atoms with E-state index in [4.69, 9.17) is 0 Å². The molecule has 0 saturated heterocycles. The van der Waals surface area contributed by atoms with Gasteiger partial charge in [0.1, 0.15) is 0 Å². The van der Waals surface area contributed by atoms with Gasteiger partial charge in [-0.15, -0.1) is 11.3 Å². The minimum absolute atomic E-state index is 0.283. The number of nitrogens with zero attached hydrogens (tertiary/aromatic N) is 3. The zero-order chi connectivity index (χ0) is 10.7. The van der Waals surface area contributed by atoms with E-state index in [0.29, 0.717) is 0 Å². The molecule has 1 N–H and O–H groups in total. The lowest BCUT2D eigenvalue weighted by Gasteiger charge is -2.11. The van der Waals surface area contributed by atoms with Gasteiger partial charge in [0, 0.05) is 31.2 Å². The molecule has 80 valence electrons. The maximum atomic E-state index is 4.27. The van der Waals surface area contributed by atoms with E-state index in [1.807, 2.05) is 29.5 Å². The molecule has 0 saturated carbocycles. The molecular weight excluding hydrogens is 208 g/mol. The molecule has 0 aliphatic carbocycles. The van der Waals surface area contributed by atoms with E-state index >= 15 is 0 Å². The Morgan fingerprint density at radius 3 is 3.07 bits per heavy atom. The fourth-order valence-electron chi connectivity index (χ4n) is 1.37. The summed E-state index contributed by atoms with van der Waals surface area (Å²) in [5.41, 5.74) is 4.14. The molecular formula is C10H14N4S. The monoisotopic (exact) mass is 222 g/mol. The van der Waals surface area contributed by atoms with Crippen molar-refractivity contribution in [3.8, 4) is 0 Å². The van der Waals surface area contributed by atoms with Gasteiger partial charge in [0.05, 0.1) is 16.9 Å². The zero-order valence-electron chi connectivity index (χ0n) is 8.84. The van der Waals surface area contributed by atoms with Crippen LogP contribution in [0.15, 0.2) is 23.2 Å². The third-order valence-corrected chi connectivity index (χ3v) is 3.01. The van der Waals surface area contributed by atoms with Gasteiger partial charge in [-0.1, -0.05) is 0 Å². The Balaban J connectivity index is 1.91. The minimum atomic E-state index is 0.283. The Morgan fingerprint density at radius 2 is 2.47 bits per heavy atom. The van der Waals surface area contributed by atoms with Crippen molar-refractivity contribution in [2.24, 2.45) is 7.05 Å². The summed E-state index contributed by atoms with van der Waals surface area (Å²) in [6.07, 6.45) is 1.81. The highest BCUT2D eigenvalue weighted by Gasteiger charge is 2.07. The van der Waals surface area contributed by atoms with Gasteiger partial charge in [0.15, 0.2) is 0 Å². The molecule has 1 unspecified atom stereocenters. The van der Waals surface area contributed by atoms with Gasteiger partial charge in [-0.2, -0.15) is 5.10 Å². The lowest BCUT2D eigenvalue weighted by Crippen LogP contribution is -2.19. The lowest BCUT2D eigenvalue weighted by molar-refractivity contribution is 0.540. The highest BCUT2D eigenvalue weighted by atomic mass is 32.1. The Morgan fingerprint density at radius 1 is 1.60 bits per heavy atom. The van der Waals surface area contributed by atoms with Crippen LogP contribution in [0.5, 0.6) is 0 Å². The summed E-state index contributed by atoms with van der Waals surface area (Å²) in [4.78, 5) is 4.27. The predicted octanol–water partition coefficient (Wildman–Crippen LogP) is 1.73. The number of thiazole rings is 1. The van der Waals surface area contributed by atoms with Crippen LogP contribution in [0.3, 0.4) is 0 Å². The summed E-state index contributed by atoms with van der Waals surface area (Å²) in [6.45, 7) is 2.93. The number of rotatable bonds is 4. The van der Waals surface area contributed by atoms with Crippen LogP contribution >= 0.6 is 11.3 Å². The molecule has 0 radical (unpaired) electrons. The highest BCUT2D eigenvalue weighted by molar-refractivity contribution is 7.07. The molecule has 5 heteroatoms. The number of aromatic nitrogens is 3. The fourth-order valence-corrected chi connectivity index (χ4v) is 2.02.